The molecule has 6 rings (SSSR count). The van der Waals surface area contributed by atoms with Gasteiger partial charge in [0.25, 0.3) is 0 Å². The Balaban J connectivity index is 1.47. The fourth-order valence-electron chi connectivity index (χ4n) is 10.3. The molecule has 4 fully saturated rings. The maximum Gasteiger partial charge on any atom is 0.226 e. The number of amides is 1. The van der Waals surface area contributed by atoms with E-state index in [1.807, 2.05) is 19.1 Å². The number of fused-ring (bicyclic) bond motifs is 7. The van der Waals surface area contributed by atoms with Crippen LogP contribution in [-0.4, -0.2) is 36.7 Å². The zero-order chi connectivity index (χ0) is 28.2. The van der Waals surface area contributed by atoms with Gasteiger partial charge in [-0.05, 0) is 79.1 Å². The maximum absolute atomic E-state index is 14.5. The highest BCUT2D eigenvalue weighted by atomic mass is 16.5. The van der Waals surface area contributed by atoms with E-state index in [1.165, 1.54) is 0 Å². The second kappa shape index (κ2) is 8.38. The van der Waals surface area contributed by atoms with Gasteiger partial charge in [0.1, 0.15) is 6.07 Å². The molecule has 0 aromatic rings. The van der Waals surface area contributed by atoms with Crippen LogP contribution >= 0.6 is 0 Å². The van der Waals surface area contributed by atoms with E-state index in [9.17, 15) is 19.6 Å². The van der Waals surface area contributed by atoms with E-state index in [1.54, 1.807) is 0 Å². The number of hydrogen-bond acceptors (Lipinski definition) is 5. The van der Waals surface area contributed by atoms with Crippen LogP contribution in [0.25, 0.3) is 0 Å². The van der Waals surface area contributed by atoms with Gasteiger partial charge < -0.3 is 10.1 Å². The number of allylic oxidation sites excluding steroid dienone is 4. The van der Waals surface area contributed by atoms with Crippen molar-refractivity contribution in [2.75, 3.05) is 13.2 Å². The number of ether oxygens (including phenoxy) is 1. The van der Waals surface area contributed by atoms with Gasteiger partial charge in [-0.15, -0.1) is 0 Å². The van der Waals surface area contributed by atoms with Crippen molar-refractivity contribution in [2.24, 2.45) is 50.7 Å². The quantitative estimate of drug-likeness (QED) is 0.519. The molecule has 0 radical (unpaired) electrons. The average molecular weight is 533 g/mol. The van der Waals surface area contributed by atoms with Crippen molar-refractivity contribution in [1.29, 1.82) is 5.26 Å². The van der Waals surface area contributed by atoms with E-state index in [0.717, 1.165) is 50.5 Å². The Morgan fingerprint density at radius 2 is 1.72 bits per heavy atom. The molecular weight excluding hydrogens is 488 g/mol. The molecule has 8 atom stereocenters. The molecule has 6 aliphatic rings. The third-order valence-corrected chi connectivity index (χ3v) is 12.9. The number of nitrogens with zero attached hydrogens (tertiary/aromatic N) is 1. The summed E-state index contributed by atoms with van der Waals surface area (Å²) >= 11 is 0. The Labute approximate surface area is 233 Å². The molecule has 0 aromatic carbocycles. The SMILES string of the molecule is CC1C(=O)C(C#N)=CC2(C)C3=CC(=O)C4C5CC(C)(C)CCC5(C(=O)NC5COC5)CCC4(C)C3(C)CCC12. The highest BCUT2D eigenvalue weighted by Crippen LogP contribution is 2.73. The van der Waals surface area contributed by atoms with Crippen LogP contribution in [0.4, 0.5) is 0 Å². The molecule has 3 saturated carbocycles. The van der Waals surface area contributed by atoms with Gasteiger partial charge in [0.2, 0.25) is 5.91 Å². The van der Waals surface area contributed by atoms with Crippen molar-refractivity contribution in [3.63, 3.8) is 0 Å². The Bertz CT molecular complexity index is 1250. The first-order valence-electron chi connectivity index (χ1n) is 15.0. The summed E-state index contributed by atoms with van der Waals surface area (Å²) in [6, 6.07) is 2.24. The predicted molar refractivity (Wildman–Crippen MR) is 147 cm³/mol. The first kappa shape index (κ1) is 26.9. The van der Waals surface area contributed by atoms with E-state index < -0.39 is 10.8 Å². The molecule has 1 N–H and O–H groups in total. The molecule has 0 aromatic heterocycles. The van der Waals surface area contributed by atoms with E-state index in [-0.39, 0.29) is 69.0 Å². The van der Waals surface area contributed by atoms with E-state index in [4.69, 9.17) is 4.74 Å². The molecule has 6 heteroatoms. The lowest BCUT2D eigenvalue weighted by Crippen LogP contribution is -2.67. The number of ketones is 2. The van der Waals surface area contributed by atoms with Gasteiger partial charge in [0.15, 0.2) is 11.6 Å². The number of rotatable bonds is 2. The standard InChI is InChI=1S/C33H44N2O4/c1-19-22-7-8-31(5)25(30(22,4)14-20(16-34)27(19)37)13-24(36)26-23-15-29(2,3)9-11-33(23,12-10-32(26,31)6)28(38)35-21-17-39-18-21/h13-14,19,21-23,26H,7-12,15,17-18H2,1-6H3,(H,35,38). The second-order valence-electron chi connectivity index (χ2n) is 15.3. The topological polar surface area (TPSA) is 96.3 Å². The first-order chi connectivity index (χ1) is 18.2. The molecule has 210 valence electrons. The van der Waals surface area contributed by atoms with Crippen molar-refractivity contribution >= 4 is 17.5 Å². The summed E-state index contributed by atoms with van der Waals surface area (Å²) in [5.41, 5.74) is -0.149. The van der Waals surface area contributed by atoms with Crippen LogP contribution < -0.4 is 5.32 Å². The number of carbonyl (C=O) groups is 3. The van der Waals surface area contributed by atoms with Crippen LogP contribution in [0.3, 0.4) is 0 Å². The number of nitriles is 1. The van der Waals surface area contributed by atoms with Crippen LogP contribution in [0.15, 0.2) is 23.3 Å². The van der Waals surface area contributed by atoms with Gasteiger partial charge in [-0.25, -0.2) is 0 Å². The molecule has 5 aliphatic carbocycles. The molecular formula is C33H44N2O4. The normalized spacial score (nSPS) is 46.7. The highest BCUT2D eigenvalue weighted by Gasteiger charge is 2.70. The van der Waals surface area contributed by atoms with E-state index in [2.05, 4.69) is 46.0 Å². The highest BCUT2D eigenvalue weighted by molar-refractivity contribution is 6.02. The lowest BCUT2D eigenvalue weighted by Gasteiger charge is -2.68. The van der Waals surface area contributed by atoms with Crippen LogP contribution in [0.5, 0.6) is 0 Å². The maximum atomic E-state index is 14.5. The van der Waals surface area contributed by atoms with Crippen LogP contribution in [0.2, 0.25) is 0 Å². The summed E-state index contributed by atoms with van der Waals surface area (Å²) in [6.45, 7) is 14.5. The van der Waals surface area contributed by atoms with Crippen molar-refractivity contribution in [3.05, 3.63) is 23.3 Å². The molecule has 1 aliphatic heterocycles. The zero-order valence-corrected chi connectivity index (χ0v) is 24.5. The van der Waals surface area contributed by atoms with Gasteiger partial charge >= 0.3 is 0 Å². The van der Waals surface area contributed by atoms with Crippen molar-refractivity contribution in [2.45, 2.75) is 92.5 Å². The fraction of sp³-hybridized carbons (Fsp3) is 0.758. The predicted octanol–water partition coefficient (Wildman–Crippen LogP) is 5.33. The molecule has 6 nitrogen and oxygen atoms in total. The number of carbonyl (C=O) groups excluding carboxylic acids is 3. The lowest BCUT2D eigenvalue weighted by atomic mass is 9.34. The summed E-state index contributed by atoms with van der Waals surface area (Å²) in [7, 11) is 0. The summed E-state index contributed by atoms with van der Waals surface area (Å²) in [6.07, 6.45) is 9.93. The molecule has 1 saturated heterocycles. The molecule has 0 spiro atoms. The fourth-order valence-corrected chi connectivity index (χ4v) is 10.3. The largest absolute Gasteiger partial charge is 0.377 e. The lowest BCUT2D eigenvalue weighted by molar-refractivity contribution is -0.179. The van der Waals surface area contributed by atoms with Crippen LogP contribution in [-0.2, 0) is 19.1 Å². The van der Waals surface area contributed by atoms with Gasteiger partial charge in [-0.2, -0.15) is 5.26 Å². The van der Waals surface area contributed by atoms with Crippen LogP contribution in [0, 0.1) is 62.1 Å². The summed E-state index contributed by atoms with van der Waals surface area (Å²) in [5, 5.41) is 13.1. The minimum atomic E-state index is -0.520. The van der Waals surface area contributed by atoms with Crippen molar-refractivity contribution in [3.8, 4) is 6.07 Å². The summed E-state index contributed by atoms with van der Waals surface area (Å²) < 4.78 is 5.34. The number of Topliss-reactive ketones (excluding diaryl/α,β-unsaturated/α-hetero) is 1. The van der Waals surface area contributed by atoms with Crippen molar-refractivity contribution in [1.82, 2.24) is 5.32 Å². The average Bonchev–Trinajstić information content (AvgIpc) is 2.84. The van der Waals surface area contributed by atoms with E-state index in [0.29, 0.717) is 13.2 Å². The molecule has 8 unspecified atom stereocenters. The minimum Gasteiger partial charge on any atom is -0.377 e. The van der Waals surface area contributed by atoms with E-state index >= 15 is 0 Å². The third-order valence-electron chi connectivity index (χ3n) is 12.9. The van der Waals surface area contributed by atoms with Gasteiger partial charge in [-0.1, -0.05) is 53.2 Å². The molecule has 0 bridgehead atoms. The van der Waals surface area contributed by atoms with Gasteiger partial charge in [0, 0.05) is 17.3 Å². The smallest absolute Gasteiger partial charge is 0.226 e. The van der Waals surface area contributed by atoms with Crippen molar-refractivity contribution < 1.29 is 19.1 Å². The molecule has 1 heterocycles. The van der Waals surface area contributed by atoms with Crippen LogP contribution in [0.1, 0.15) is 86.5 Å². The zero-order valence-electron chi connectivity index (χ0n) is 24.5. The molecule has 39 heavy (non-hydrogen) atoms. The van der Waals surface area contributed by atoms with Gasteiger partial charge in [-0.3, -0.25) is 14.4 Å². The molecule has 1 amide bonds. The Hall–Kier alpha value is -2.26. The first-order valence-corrected chi connectivity index (χ1v) is 15.0. The Morgan fingerprint density at radius 3 is 2.36 bits per heavy atom. The summed E-state index contributed by atoms with van der Waals surface area (Å²) in [4.78, 5) is 41.5. The Kier molecular flexibility index (Phi) is 5.79. The third kappa shape index (κ3) is 3.44. The number of hydrogen-bond donors (Lipinski definition) is 1. The second-order valence-corrected chi connectivity index (χ2v) is 15.3. The minimum absolute atomic E-state index is 0.00859. The monoisotopic (exact) mass is 532 g/mol. The van der Waals surface area contributed by atoms with Gasteiger partial charge in [0.05, 0.1) is 30.2 Å². The Morgan fingerprint density at radius 1 is 1.03 bits per heavy atom. The summed E-state index contributed by atoms with van der Waals surface area (Å²) in [5.74, 6) is -0.168. The number of nitrogens with one attached hydrogen (secondary N) is 1.